The molecule has 5 heteroatoms. The standard InChI is InChI=1S/C23H29N3O2/c27-23(25-21-12-14-28-22-11-5-4-10-20(21)22)24-15-19-9-6-13-26(17-19)16-18-7-2-1-3-8-18/h1-5,7-8,10-11,19,21H,6,9,12-17H2,(H2,24,25,27)/t19-,21+/m1/s1. The second-order valence-electron chi connectivity index (χ2n) is 7.81. The van der Waals surface area contributed by atoms with Gasteiger partial charge in [-0.3, -0.25) is 4.90 Å². The van der Waals surface area contributed by atoms with E-state index in [9.17, 15) is 4.79 Å². The number of piperidine rings is 1. The Kier molecular flexibility index (Phi) is 6.12. The third-order valence-electron chi connectivity index (χ3n) is 5.67. The van der Waals surface area contributed by atoms with Crippen LogP contribution in [0.5, 0.6) is 5.75 Å². The Morgan fingerprint density at radius 1 is 1.07 bits per heavy atom. The van der Waals surface area contributed by atoms with Crippen LogP contribution in [0.25, 0.3) is 0 Å². The molecule has 1 saturated heterocycles. The van der Waals surface area contributed by atoms with Crippen LogP contribution in [0.1, 0.15) is 36.4 Å². The number of carbonyl (C=O) groups is 1. The fraction of sp³-hybridized carbons (Fsp3) is 0.435. The summed E-state index contributed by atoms with van der Waals surface area (Å²) in [7, 11) is 0. The van der Waals surface area contributed by atoms with Gasteiger partial charge in [-0.2, -0.15) is 0 Å². The van der Waals surface area contributed by atoms with E-state index in [1.54, 1.807) is 0 Å². The molecule has 0 bridgehead atoms. The van der Waals surface area contributed by atoms with Crippen molar-refractivity contribution in [1.29, 1.82) is 0 Å². The van der Waals surface area contributed by atoms with E-state index in [0.717, 1.165) is 43.9 Å². The van der Waals surface area contributed by atoms with Crippen LogP contribution in [0.15, 0.2) is 54.6 Å². The third-order valence-corrected chi connectivity index (χ3v) is 5.67. The lowest BCUT2D eigenvalue weighted by Gasteiger charge is -2.33. The summed E-state index contributed by atoms with van der Waals surface area (Å²) in [6, 6.07) is 18.5. The molecule has 2 N–H and O–H groups in total. The highest BCUT2D eigenvalue weighted by atomic mass is 16.5. The van der Waals surface area contributed by atoms with Crippen molar-refractivity contribution in [2.45, 2.75) is 31.8 Å². The van der Waals surface area contributed by atoms with Crippen molar-refractivity contribution in [2.75, 3.05) is 26.2 Å². The van der Waals surface area contributed by atoms with Gasteiger partial charge in [0.05, 0.1) is 12.6 Å². The summed E-state index contributed by atoms with van der Waals surface area (Å²) >= 11 is 0. The summed E-state index contributed by atoms with van der Waals surface area (Å²) in [4.78, 5) is 15.0. The average Bonchev–Trinajstić information content (AvgIpc) is 2.74. The van der Waals surface area contributed by atoms with Crippen LogP contribution in [-0.4, -0.2) is 37.2 Å². The number of nitrogens with one attached hydrogen (secondary N) is 2. The Bertz CT molecular complexity index is 780. The molecule has 2 aromatic carbocycles. The fourth-order valence-electron chi connectivity index (χ4n) is 4.24. The van der Waals surface area contributed by atoms with Gasteiger partial charge < -0.3 is 15.4 Å². The van der Waals surface area contributed by atoms with Crippen LogP contribution in [0, 0.1) is 5.92 Å². The maximum Gasteiger partial charge on any atom is 0.315 e. The molecule has 28 heavy (non-hydrogen) atoms. The second-order valence-corrected chi connectivity index (χ2v) is 7.81. The van der Waals surface area contributed by atoms with Crippen molar-refractivity contribution >= 4 is 6.03 Å². The maximum absolute atomic E-state index is 12.5. The molecule has 2 aliphatic rings. The largest absolute Gasteiger partial charge is 0.493 e. The summed E-state index contributed by atoms with van der Waals surface area (Å²) in [6.45, 7) is 4.52. The van der Waals surface area contributed by atoms with Gasteiger partial charge >= 0.3 is 6.03 Å². The van der Waals surface area contributed by atoms with Crippen molar-refractivity contribution < 1.29 is 9.53 Å². The summed E-state index contributed by atoms with van der Waals surface area (Å²) in [5, 5.41) is 6.22. The molecular weight excluding hydrogens is 350 g/mol. The molecule has 4 rings (SSSR count). The zero-order valence-corrected chi connectivity index (χ0v) is 16.3. The number of likely N-dealkylation sites (tertiary alicyclic amines) is 1. The number of urea groups is 1. The van der Waals surface area contributed by atoms with Crippen LogP contribution in [0.3, 0.4) is 0 Å². The number of hydrogen-bond acceptors (Lipinski definition) is 3. The lowest BCUT2D eigenvalue weighted by molar-refractivity contribution is 0.164. The average molecular weight is 380 g/mol. The molecule has 2 atom stereocenters. The Balaban J connectivity index is 1.25. The quantitative estimate of drug-likeness (QED) is 0.832. The zero-order chi connectivity index (χ0) is 19.2. The molecule has 0 radical (unpaired) electrons. The van der Waals surface area contributed by atoms with Crippen molar-refractivity contribution in [2.24, 2.45) is 5.92 Å². The fourth-order valence-corrected chi connectivity index (χ4v) is 4.24. The topological polar surface area (TPSA) is 53.6 Å². The zero-order valence-electron chi connectivity index (χ0n) is 16.3. The Hall–Kier alpha value is -2.53. The third kappa shape index (κ3) is 4.84. The molecule has 148 valence electrons. The lowest BCUT2D eigenvalue weighted by atomic mass is 9.97. The molecule has 0 aliphatic carbocycles. The van der Waals surface area contributed by atoms with Crippen molar-refractivity contribution in [3.05, 3.63) is 65.7 Å². The van der Waals surface area contributed by atoms with E-state index < -0.39 is 0 Å². The van der Waals surface area contributed by atoms with Crippen molar-refractivity contribution in [1.82, 2.24) is 15.5 Å². The second kappa shape index (κ2) is 9.11. The first-order valence-corrected chi connectivity index (χ1v) is 10.3. The Labute approximate surface area is 167 Å². The Morgan fingerprint density at radius 2 is 1.89 bits per heavy atom. The molecule has 0 saturated carbocycles. The van der Waals surface area contributed by atoms with Gasteiger partial charge in [-0.1, -0.05) is 48.5 Å². The molecule has 0 spiro atoms. The normalized spacial score (nSPS) is 22.0. The first-order chi connectivity index (χ1) is 13.8. The van der Waals surface area contributed by atoms with E-state index in [1.165, 1.54) is 18.4 Å². The molecule has 2 heterocycles. The van der Waals surface area contributed by atoms with Crippen molar-refractivity contribution in [3.63, 3.8) is 0 Å². The summed E-state index contributed by atoms with van der Waals surface area (Å²) in [5.74, 6) is 1.38. The smallest absolute Gasteiger partial charge is 0.315 e. The number of ether oxygens (including phenoxy) is 1. The van der Waals surface area contributed by atoms with Gasteiger partial charge in [0, 0.05) is 31.6 Å². The summed E-state index contributed by atoms with van der Waals surface area (Å²) < 4.78 is 5.67. The van der Waals surface area contributed by atoms with Gasteiger partial charge in [-0.15, -0.1) is 0 Å². The SMILES string of the molecule is O=C(NC[C@H]1CCCN(Cc2ccccc2)C1)N[C@H]1CCOc2ccccc21. The summed E-state index contributed by atoms with van der Waals surface area (Å²) in [6.07, 6.45) is 3.17. The van der Waals surface area contributed by atoms with Crippen molar-refractivity contribution in [3.8, 4) is 5.75 Å². The number of benzene rings is 2. The molecule has 2 amide bonds. The summed E-state index contributed by atoms with van der Waals surface area (Å²) in [5.41, 5.74) is 2.42. The van der Waals surface area contributed by atoms with Crippen LogP contribution in [0.4, 0.5) is 4.79 Å². The van der Waals surface area contributed by atoms with Gasteiger partial charge in [0.25, 0.3) is 0 Å². The minimum absolute atomic E-state index is 0.0193. The van der Waals surface area contributed by atoms with E-state index in [-0.39, 0.29) is 12.1 Å². The van der Waals surface area contributed by atoms with Gasteiger partial charge in [0.1, 0.15) is 5.75 Å². The number of para-hydroxylation sites is 1. The number of amides is 2. The van der Waals surface area contributed by atoms with E-state index in [2.05, 4.69) is 45.9 Å². The van der Waals surface area contributed by atoms with E-state index in [0.29, 0.717) is 12.5 Å². The van der Waals surface area contributed by atoms with Gasteiger partial charge in [-0.25, -0.2) is 4.79 Å². The predicted octanol–water partition coefficient (Wildman–Crippen LogP) is 3.72. The van der Waals surface area contributed by atoms with Gasteiger partial charge in [0.15, 0.2) is 0 Å². The molecule has 0 aromatic heterocycles. The predicted molar refractivity (Wildman–Crippen MR) is 110 cm³/mol. The molecule has 5 nitrogen and oxygen atoms in total. The maximum atomic E-state index is 12.5. The van der Waals surface area contributed by atoms with E-state index in [4.69, 9.17) is 4.74 Å². The van der Waals surface area contributed by atoms with E-state index in [1.807, 2.05) is 24.3 Å². The molecule has 1 fully saturated rings. The van der Waals surface area contributed by atoms with Crippen LogP contribution >= 0.6 is 0 Å². The number of carbonyl (C=O) groups excluding carboxylic acids is 1. The van der Waals surface area contributed by atoms with Gasteiger partial charge in [-0.05, 0) is 36.9 Å². The van der Waals surface area contributed by atoms with Gasteiger partial charge in [0.2, 0.25) is 0 Å². The number of hydrogen-bond donors (Lipinski definition) is 2. The number of fused-ring (bicyclic) bond motifs is 1. The monoisotopic (exact) mass is 379 g/mol. The van der Waals surface area contributed by atoms with Crippen LogP contribution in [-0.2, 0) is 6.54 Å². The van der Waals surface area contributed by atoms with Crippen LogP contribution in [0.2, 0.25) is 0 Å². The molecular formula is C23H29N3O2. The molecule has 2 aliphatic heterocycles. The molecule has 2 aromatic rings. The first-order valence-electron chi connectivity index (χ1n) is 10.3. The number of nitrogens with zero attached hydrogens (tertiary/aromatic N) is 1. The first kappa shape index (κ1) is 18.8. The lowest BCUT2D eigenvalue weighted by Crippen LogP contribution is -2.44. The Morgan fingerprint density at radius 3 is 2.79 bits per heavy atom. The van der Waals surface area contributed by atoms with Crippen LogP contribution < -0.4 is 15.4 Å². The highest BCUT2D eigenvalue weighted by molar-refractivity contribution is 5.74. The minimum Gasteiger partial charge on any atom is -0.493 e. The minimum atomic E-state index is -0.0816. The molecule has 0 unspecified atom stereocenters. The highest BCUT2D eigenvalue weighted by Gasteiger charge is 2.24. The van der Waals surface area contributed by atoms with E-state index >= 15 is 0 Å². The highest BCUT2D eigenvalue weighted by Crippen LogP contribution is 2.31. The number of rotatable bonds is 5.